The molecule has 0 unspecified atom stereocenters. The summed E-state index contributed by atoms with van der Waals surface area (Å²) in [6, 6.07) is 4.10. The molecule has 2 N–H and O–H groups in total. The number of rotatable bonds is 4. The van der Waals surface area contributed by atoms with Gasteiger partial charge in [0.1, 0.15) is 6.33 Å². The molecule has 2 aromatic heterocycles. The number of halogens is 2. The Bertz CT molecular complexity index is 1010. The molecule has 2 heterocycles. The van der Waals surface area contributed by atoms with Crippen molar-refractivity contribution in [3.63, 3.8) is 0 Å². The first-order valence-corrected chi connectivity index (χ1v) is 10.7. The second kappa shape index (κ2) is 6.84. The van der Waals surface area contributed by atoms with Crippen LogP contribution >= 0.6 is 50.3 Å². The number of fused-ring (bicyclic) bond motifs is 2. The van der Waals surface area contributed by atoms with E-state index in [-0.39, 0.29) is 5.78 Å². The number of carbonyl (C=O) groups is 1. The van der Waals surface area contributed by atoms with Crippen LogP contribution in [-0.2, 0) is 13.0 Å². The van der Waals surface area contributed by atoms with Gasteiger partial charge in [0, 0.05) is 32.3 Å². The van der Waals surface area contributed by atoms with Crippen molar-refractivity contribution in [2.45, 2.75) is 29.4 Å². The molecule has 128 valence electrons. The first-order chi connectivity index (χ1) is 12.1. The van der Waals surface area contributed by atoms with Gasteiger partial charge in [-0.15, -0.1) is 0 Å². The van der Waals surface area contributed by atoms with Crippen LogP contribution in [0.5, 0.6) is 0 Å². The van der Waals surface area contributed by atoms with Gasteiger partial charge < -0.3 is 10.3 Å². The summed E-state index contributed by atoms with van der Waals surface area (Å²) in [5, 5.41) is 1.61. The molecule has 0 spiro atoms. The van der Waals surface area contributed by atoms with E-state index in [9.17, 15) is 4.79 Å². The van der Waals surface area contributed by atoms with E-state index in [0.717, 1.165) is 48.7 Å². The zero-order valence-electron chi connectivity index (χ0n) is 13.0. The minimum absolute atomic E-state index is 0.235. The van der Waals surface area contributed by atoms with Crippen LogP contribution in [-0.4, -0.2) is 30.6 Å². The summed E-state index contributed by atoms with van der Waals surface area (Å²) in [6.07, 6.45) is 2.88. The van der Waals surface area contributed by atoms with Crippen molar-refractivity contribution in [1.29, 1.82) is 0 Å². The smallest absolute Gasteiger partial charge is 0.175 e. The van der Waals surface area contributed by atoms with Crippen LogP contribution in [0, 0.1) is 3.57 Å². The van der Waals surface area contributed by atoms with Crippen LogP contribution < -0.4 is 5.73 Å². The number of benzene rings is 1. The normalized spacial score (nSPS) is 13.6. The number of hydrogen-bond donors (Lipinski definition) is 1. The minimum atomic E-state index is 0.235. The average molecular weight is 530 g/mol. The molecule has 0 bridgehead atoms. The summed E-state index contributed by atoms with van der Waals surface area (Å²) in [5.74, 6) is 0.619. The summed E-state index contributed by atoms with van der Waals surface area (Å²) in [5.41, 5.74) is 9.30. The van der Waals surface area contributed by atoms with E-state index < -0.39 is 0 Å². The monoisotopic (exact) mass is 529 g/mol. The van der Waals surface area contributed by atoms with Gasteiger partial charge >= 0.3 is 0 Å². The molecule has 1 aromatic carbocycles. The summed E-state index contributed by atoms with van der Waals surface area (Å²) >= 11 is 7.33. The van der Waals surface area contributed by atoms with Crippen LogP contribution in [0.1, 0.15) is 22.3 Å². The number of alkyl halides is 1. The van der Waals surface area contributed by atoms with Crippen LogP contribution in [0.4, 0.5) is 5.82 Å². The predicted octanol–water partition coefficient (Wildman–Crippen LogP) is 3.69. The molecule has 0 saturated carbocycles. The molecule has 9 heteroatoms. The first kappa shape index (κ1) is 17.2. The molecule has 1 aliphatic rings. The molecule has 0 radical (unpaired) electrons. The molecule has 0 atom stereocenters. The van der Waals surface area contributed by atoms with Crippen LogP contribution in [0.2, 0.25) is 0 Å². The summed E-state index contributed by atoms with van der Waals surface area (Å²) < 4.78 is 3.09. The maximum absolute atomic E-state index is 11.9. The van der Waals surface area contributed by atoms with Gasteiger partial charge in [0.25, 0.3) is 0 Å². The van der Waals surface area contributed by atoms with E-state index in [1.54, 1.807) is 11.8 Å². The Kier molecular flexibility index (Phi) is 4.71. The van der Waals surface area contributed by atoms with Crippen LogP contribution in [0.25, 0.3) is 11.2 Å². The van der Waals surface area contributed by atoms with Crippen molar-refractivity contribution in [2.24, 2.45) is 0 Å². The number of aryl methyl sites for hydroxylation is 2. The van der Waals surface area contributed by atoms with Gasteiger partial charge in [-0.25, -0.2) is 15.0 Å². The highest BCUT2D eigenvalue weighted by molar-refractivity contribution is 14.1. The largest absolute Gasteiger partial charge is 0.382 e. The number of nitrogen functional groups attached to an aromatic ring is 1. The molecular formula is C16H13BrIN5OS. The fourth-order valence-corrected chi connectivity index (χ4v) is 5.05. The Morgan fingerprint density at radius 3 is 2.96 bits per heavy atom. The Morgan fingerprint density at radius 1 is 1.32 bits per heavy atom. The number of anilines is 1. The van der Waals surface area contributed by atoms with E-state index in [4.69, 9.17) is 5.73 Å². The lowest BCUT2D eigenvalue weighted by Gasteiger charge is -2.09. The lowest BCUT2D eigenvalue weighted by molar-refractivity contribution is 0.0994. The highest BCUT2D eigenvalue weighted by Crippen LogP contribution is 2.37. The lowest BCUT2D eigenvalue weighted by Crippen LogP contribution is -2.03. The maximum atomic E-state index is 11.9. The number of aromatic nitrogens is 4. The molecule has 1 aliphatic carbocycles. The fraction of sp³-hybridized carbons (Fsp3) is 0.250. The second-order valence-electron chi connectivity index (χ2n) is 5.63. The van der Waals surface area contributed by atoms with Crippen LogP contribution in [0.15, 0.2) is 28.5 Å². The molecule has 3 aromatic rings. The van der Waals surface area contributed by atoms with Crippen molar-refractivity contribution in [3.05, 3.63) is 33.2 Å². The Morgan fingerprint density at radius 2 is 2.16 bits per heavy atom. The topological polar surface area (TPSA) is 86.7 Å². The van der Waals surface area contributed by atoms with E-state index in [2.05, 4.69) is 59.5 Å². The number of hydrogen-bond acceptors (Lipinski definition) is 6. The quantitative estimate of drug-likeness (QED) is 0.410. The van der Waals surface area contributed by atoms with E-state index >= 15 is 0 Å². The summed E-state index contributed by atoms with van der Waals surface area (Å²) in [6.45, 7) is 0.731. The van der Waals surface area contributed by atoms with Gasteiger partial charge in [-0.2, -0.15) is 0 Å². The Hall–Kier alpha value is -1.20. The molecule has 6 nitrogen and oxygen atoms in total. The predicted molar refractivity (Wildman–Crippen MR) is 109 cm³/mol. The highest BCUT2D eigenvalue weighted by atomic mass is 127. The van der Waals surface area contributed by atoms with Gasteiger partial charge in [-0.3, -0.25) is 4.79 Å². The number of ketones is 1. The van der Waals surface area contributed by atoms with Crippen molar-refractivity contribution in [2.75, 3.05) is 11.1 Å². The molecule has 0 fully saturated rings. The third kappa shape index (κ3) is 3.06. The number of Topliss-reactive ketones (excluding diaryl/α,β-unsaturated/α-hetero) is 1. The van der Waals surface area contributed by atoms with Crippen molar-refractivity contribution in [1.82, 2.24) is 19.5 Å². The maximum Gasteiger partial charge on any atom is 0.175 e. The highest BCUT2D eigenvalue weighted by Gasteiger charge is 2.23. The van der Waals surface area contributed by atoms with Gasteiger partial charge in [-0.05, 0) is 46.7 Å². The number of nitrogens with zero attached hydrogens (tertiary/aromatic N) is 4. The SMILES string of the molecule is Nc1ncnc2c1nc(Sc1cc3c(cc1I)C(=O)CC3)n2CCBr. The molecule has 0 amide bonds. The fourth-order valence-electron chi connectivity index (χ4n) is 2.92. The number of imidazole rings is 1. The standard InChI is InChI=1S/C16H13BrIN5OS/c17-3-4-23-15-13(14(19)20-7-21-15)22-16(23)25-12-5-8-1-2-11(24)9(8)6-10(12)18/h5-7H,1-4H2,(H2,19,20,21). The molecule has 4 rings (SSSR count). The number of carbonyl (C=O) groups excluding carboxylic acids is 1. The first-order valence-electron chi connectivity index (χ1n) is 7.64. The molecule has 0 saturated heterocycles. The third-order valence-electron chi connectivity index (χ3n) is 4.11. The zero-order valence-corrected chi connectivity index (χ0v) is 17.6. The van der Waals surface area contributed by atoms with Gasteiger partial charge in [0.15, 0.2) is 27.9 Å². The third-order valence-corrected chi connectivity index (χ3v) is 6.78. The van der Waals surface area contributed by atoms with Gasteiger partial charge in [-0.1, -0.05) is 27.7 Å². The van der Waals surface area contributed by atoms with E-state index in [1.807, 2.05) is 10.6 Å². The van der Waals surface area contributed by atoms with Crippen LogP contribution in [0.3, 0.4) is 0 Å². The second-order valence-corrected chi connectivity index (χ2v) is 8.60. The minimum Gasteiger partial charge on any atom is -0.382 e. The van der Waals surface area contributed by atoms with Crippen molar-refractivity contribution < 1.29 is 4.79 Å². The summed E-state index contributed by atoms with van der Waals surface area (Å²) in [7, 11) is 0. The Labute approximate surface area is 170 Å². The van der Waals surface area contributed by atoms with Gasteiger partial charge in [0.05, 0.1) is 0 Å². The van der Waals surface area contributed by atoms with Crippen molar-refractivity contribution in [3.8, 4) is 0 Å². The van der Waals surface area contributed by atoms with Gasteiger partial charge in [0.2, 0.25) is 0 Å². The average Bonchev–Trinajstić information content (AvgIpc) is 3.12. The van der Waals surface area contributed by atoms with E-state index in [0.29, 0.717) is 17.8 Å². The molecular weight excluding hydrogens is 517 g/mol. The Balaban J connectivity index is 1.80. The van der Waals surface area contributed by atoms with Crippen molar-refractivity contribution >= 4 is 73.0 Å². The lowest BCUT2D eigenvalue weighted by atomic mass is 10.1. The molecule has 0 aliphatic heterocycles. The number of nitrogens with two attached hydrogens (primary N) is 1. The van der Waals surface area contributed by atoms with E-state index in [1.165, 1.54) is 6.33 Å². The zero-order chi connectivity index (χ0) is 17.6. The molecule has 25 heavy (non-hydrogen) atoms. The summed E-state index contributed by atoms with van der Waals surface area (Å²) in [4.78, 5) is 26.0.